The molecule has 1 rings (SSSR count). The molecule has 0 saturated heterocycles. The first-order valence-corrected chi connectivity index (χ1v) is 5.23. The molecule has 17 heavy (non-hydrogen) atoms. The molecule has 0 unspecified atom stereocenters. The predicted molar refractivity (Wildman–Crippen MR) is 62.3 cm³/mol. The molecule has 0 aliphatic rings. The van der Waals surface area contributed by atoms with Gasteiger partial charge in [-0.1, -0.05) is 30.3 Å². The molecule has 5 heteroatoms. The number of rotatable bonds is 4. The van der Waals surface area contributed by atoms with Crippen LogP contribution in [0.2, 0.25) is 0 Å². The van der Waals surface area contributed by atoms with Crippen LogP contribution in [0, 0.1) is 0 Å². The van der Waals surface area contributed by atoms with Crippen LogP contribution < -0.4 is 0 Å². The minimum Gasteiger partial charge on any atom is -0.466 e. The van der Waals surface area contributed by atoms with Crippen LogP contribution in [0.1, 0.15) is 12.5 Å². The predicted octanol–water partition coefficient (Wildman–Crippen LogP) is 1.73. The Kier molecular flexibility index (Phi) is 5.57. The first kappa shape index (κ1) is 13.0. The monoisotopic (exact) mass is 237 g/mol. The lowest BCUT2D eigenvalue weighted by atomic mass is 10.2. The van der Waals surface area contributed by atoms with Gasteiger partial charge in [0.15, 0.2) is 0 Å². The summed E-state index contributed by atoms with van der Waals surface area (Å²) in [7, 11) is 1.34. The number of hydrogen-bond acceptors (Lipinski definition) is 5. The third kappa shape index (κ3) is 4.55. The van der Waals surface area contributed by atoms with Crippen LogP contribution in [0.5, 0.6) is 0 Å². The van der Waals surface area contributed by atoms with Crippen molar-refractivity contribution in [2.75, 3.05) is 13.7 Å². The summed E-state index contributed by atoms with van der Waals surface area (Å²) in [5.74, 6) is -0.816. The number of ether oxygens (including phenoxy) is 2. The summed E-state index contributed by atoms with van der Waals surface area (Å²) in [4.78, 5) is 15.9. The molecule has 0 aromatic heterocycles. The molecule has 0 spiro atoms. The first-order chi connectivity index (χ1) is 8.27. The van der Waals surface area contributed by atoms with Crippen molar-refractivity contribution in [1.82, 2.24) is 0 Å². The van der Waals surface area contributed by atoms with Gasteiger partial charge in [-0.3, -0.25) is 0 Å². The summed E-state index contributed by atoms with van der Waals surface area (Å²) >= 11 is 0. The van der Waals surface area contributed by atoms with Gasteiger partial charge in [-0.15, -0.1) is 0 Å². The van der Waals surface area contributed by atoms with E-state index >= 15 is 0 Å². The van der Waals surface area contributed by atoms with E-state index in [1.807, 2.05) is 30.3 Å². The highest BCUT2D eigenvalue weighted by atomic mass is 16.6. The van der Waals surface area contributed by atoms with E-state index in [0.717, 1.165) is 5.56 Å². The molecular weight excluding hydrogens is 222 g/mol. The number of hydrogen-bond donors (Lipinski definition) is 0. The van der Waals surface area contributed by atoms with E-state index in [-0.39, 0.29) is 19.1 Å². The Morgan fingerprint density at radius 1 is 1.24 bits per heavy atom. The highest BCUT2D eigenvalue weighted by molar-refractivity contribution is 6.32. The van der Waals surface area contributed by atoms with E-state index in [0.29, 0.717) is 0 Å². The first-order valence-electron chi connectivity index (χ1n) is 5.23. The third-order valence-corrected chi connectivity index (χ3v) is 1.84. The second-order valence-corrected chi connectivity index (χ2v) is 3.07. The van der Waals surface area contributed by atoms with Gasteiger partial charge >= 0.3 is 11.9 Å². The Morgan fingerprint density at radius 2 is 1.94 bits per heavy atom. The SMILES string of the molecule is CCOC(=O)/C(=N/OC)OCc1ccccc1. The van der Waals surface area contributed by atoms with Crippen molar-refractivity contribution in [1.29, 1.82) is 0 Å². The molecule has 0 heterocycles. The fraction of sp³-hybridized carbons (Fsp3) is 0.333. The molecule has 92 valence electrons. The summed E-state index contributed by atoms with van der Waals surface area (Å²) in [5.41, 5.74) is 0.931. The van der Waals surface area contributed by atoms with Crippen molar-refractivity contribution in [2.45, 2.75) is 13.5 Å². The molecule has 0 fully saturated rings. The van der Waals surface area contributed by atoms with Gasteiger partial charge in [0.1, 0.15) is 13.7 Å². The topological polar surface area (TPSA) is 57.1 Å². The van der Waals surface area contributed by atoms with Gasteiger partial charge in [0.2, 0.25) is 0 Å². The molecule has 1 aromatic rings. The Labute approximate surface area is 100.0 Å². The zero-order chi connectivity index (χ0) is 12.5. The summed E-state index contributed by atoms with van der Waals surface area (Å²) in [6, 6.07) is 9.44. The molecule has 0 radical (unpaired) electrons. The number of carbonyl (C=O) groups is 1. The zero-order valence-electron chi connectivity index (χ0n) is 9.88. The highest BCUT2D eigenvalue weighted by Crippen LogP contribution is 2.02. The molecule has 0 aliphatic heterocycles. The minimum absolute atomic E-state index is 0.182. The van der Waals surface area contributed by atoms with Gasteiger partial charge in [0, 0.05) is 0 Å². The average molecular weight is 237 g/mol. The van der Waals surface area contributed by atoms with Crippen molar-refractivity contribution >= 4 is 11.9 Å². The maximum Gasteiger partial charge on any atom is 0.397 e. The Bertz CT molecular complexity index is 375. The summed E-state index contributed by atoms with van der Waals surface area (Å²) in [6.07, 6.45) is 0. The van der Waals surface area contributed by atoms with Crippen LogP contribution in [0.4, 0.5) is 0 Å². The molecule has 0 N–H and O–H groups in total. The van der Waals surface area contributed by atoms with Crippen molar-refractivity contribution in [2.24, 2.45) is 5.16 Å². The van der Waals surface area contributed by atoms with Gasteiger partial charge in [-0.2, -0.15) is 0 Å². The summed E-state index contributed by atoms with van der Waals surface area (Å²) < 4.78 is 10.0. The maximum atomic E-state index is 11.4. The van der Waals surface area contributed by atoms with Crippen LogP contribution in [0.3, 0.4) is 0 Å². The lowest BCUT2D eigenvalue weighted by Gasteiger charge is -2.07. The normalized spacial score (nSPS) is 10.8. The number of oxime groups is 1. The van der Waals surface area contributed by atoms with Crippen molar-refractivity contribution < 1.29 is 19.1 Å². The van der Waals surface area contributed by atoms with Crippen LogP contribution in [-0.2, 0) is 25.7 Å². The van der Waals surface area contributed by atoms with Crippen molar-refractivity contribution in [3.05, 3.63) is 35.9 Å². The smallest absolute Gasteiger partial charge is 0.397 e. The molecule has 0 saturated carbocycles. The lowest BCUT2D eigenvalue weighted by Crippen LogP contribution is -2.21. The van der Waals surface area contributed by atoms with Crippen molar-refractivity contribution in [3.63, 3.8) is 0 Å². The highest BCUT2D eigenvalue weighted by Gasteiger charge is 2.15. The average Bonchev–Trinajstić information content (AvgIpc) is 2.36. The second-order valence-electron chi connectivity index (χ2n) is 3.07. The molecule has 0 amide bonds. The summed E-state index contributed by atoms with van der Waals surface area (Å²) in [5, 5.41) is 3.48. The van der Waals surface area contributed by atoms with Gasteiger partial charge in [0.05, 0.1) is 6.61 Å². The molecule has 1 aromatic carbocycles. The fourth-order valence-electron chi connectivity index (χ4n) is 1.12. The van der Waals surface area contributed by atoms with Gasteiger partial charge in [-0.05, 0) is 17.6 Å². The molecule has 0 aliphatic carbocycles. The van der Waals surface area contributed by atoms with Crippen LogP contribution in [0.15, 0.2) is 35.5 Å². The fourth-order valence-corrected chi connectivity index (χ4v) is 1.12. The largest absolute Gasteiger partial charge is 0.466 e. The summed E-state index contributed by atoms with van der Waals surface area (Å²) in [6.45, 7) is 2.21. The Morgan fingerprint density at radius 3 is 2.53 bits per heavy atom. The quantitative estimate of drug-likeness (QED) is 0.346. The standard InChI is InChI=1S/C12H15NO4/c1-3-16-12(14)11(13-15-2)17-9-10-7-5-4-6-8-10/h4-8H,3,9H2,1-2H3/b13-11-. The third-order valence-electron chi connectivity index (χ3n) is 1.84. The van der Waals surface area contributed by atoms with E-state index in [1.54, 1.807) is 6.92 Å². The van der Waals surface area contributed by atoms with E-state index in [1.165, 1.54) is 7.11 Å². The zero-order valence-corrected chi connectivity index (χ0v) is 9.88. The molecule has 5 nitrogen and oxygen atoms in total. The van der Waals surface area contributed by atoms with Gasteiger partial charge < -0.3 is 14.3 Å². The number of nitrogens with zero attached hydrogens (tertiary/aromatic N) is 1. The van der Waals surface area contributed by atoms with Crippen LogP contribution in [-0.4, -0.2) is 25.6 Å². The molecule has 0 bridgehead atoms. The van der Waals surface area contributed by atoms with Crippen LogP contribution >= 0.6 is 0 Å². The van der Waals surface area contributed by atoms with Crippen molar-refractivity contribution in [3.8, 4) is 0 Å². The number of esters is 1. The molecule has 0 atom stereocenters. The Balaban J connectivity index is 2.57. The minimum atomic E-state index is -0.634. The van der Waals surface area contributed by atoms with Gasteiger partial charge in [0.25, 0.3) is 0 Å². The van der Waals surface area contributed by atoms with E-state index in [9.17, 15) is 4.79 Å². The second kappa shape index (κ2) is 7.27. The lowest BCUT2D eigenvalue weighted by molar-refractivity contribution is -0.137. The molecular formula is C12H15NO4. The maximum absolute atomic E-state index is 11.4. The van der Waals surface area contributed by atoms with E-state index in [4.69, 9.17) is 9.47 Å². The van der Waals surface area contributed by atoms with Gasteiger partial charge in [-0.25, -0.2) is 4.79 Å². The van der Waals surface area contributed by atoms with E-state index in [2.05, 4.69) is 9.99 Å². The van der Waals surface area contributed by atoms with Crippen LogP contribution in [0.25, 0.3) is 0 Å². The number of carbonyl (C=O) groups excluding carboxylic acids is 1. The number of benzene rings is 1. The van der Waals surface area contributed by atoms with E-state index < -0.39 is 5.97 Å². The Hall–Kier alpha value is -2.04.